The Bertz CT molecular complexity index is 1030. The number of fused-ring (bicyclic) bond motifs is 1. The van der Waals surface area contributed by atoms with Crippen LogP contribution in [0.1, 0.15) is 29.9 Å². The highest BCUT2D eigenvalue weighted by molar-refractivity contribution is 7.89. The Balaban J connectivity index is 1.38. The lowest BCUT2D eigenvalue weighted by Crippen LogP contribution is -2.50. The molecule has 2 aromatic rings. The number of aryl methyl sites for hydroxylation is 1. The molecule has 0 saturated carbocycles. The highest BCUT2D eigenvalue weighted by Crippen LogP contribution is 2.35. The van der Waals surface area contributed by atoms with Crippen molar-refractivity contribution >= 4 is 15.9 Å². The molecule has 0 bridgehead atoms. The molecular weight excluding hydrogens is 398 g/mol. The highest BCUT2D eigenvalue weighted by Gasteiger charge is 2.33. The van der Waals surface area contributed by atoms with E-state index in [9.17, 15) is 22.0 Å². The van der Waals surface area contributed by atoms with Gasteiger partial charge < -0.3 is 4.90 Å². The molecule has 1 atom stereocenters. The summed E-state index contributed by atoms with van der Waals surface area (Å²) in [6.07, 6.45) is 2.34. The third-order valence-corrected chi connectivity index (χ3v) is 7.71. The van der Waals surface area contributed by atoms with Gasteiger partial charge >= 0.3 is 0 Å². The molecule has 2 aromatic carbocycles. The number of piperazine rings is 1. The molecule has 154 valence electrons. The maximum Gasteiger partial charge on any atom is 0.246 e. The van der Waals surface area contributed by atoms with Crippen LogP contribution >= 0.6 is 0 Å². The van der Waals surface area contributed by atoms with Crippen LogP contribution < -0.4 is 0 Å². The number of hydrogen-bond donors (Lipinski definition) is 0. The summed E-state index contributed by atoms with van der Waals surface area (Å²) >= 11 is 0. The van der Waals surface area contributed by atoms with E-state index in [-0.39, 0.29) is 38.0 Å². The van der Waals surface area contributed by atoms with Gasteiger partial charge in [-0.15, -0.1) is 0 Å². The molecule has 1 saturated heterocycles. The molecule has 0 spiro atoms. The Kier molecular flexibility index (Phi) is 5.40. The number of nitrogens with zero attached hydrogens (tertiary/aromatic N) is 2. The third kappa shape index (κ3) is 3.91. The Labute approximate surface area is 169 Å². The fourth-order valence-corrected chi connectivity index (χ4v) is 5.67. The zero-order chi connectivity index (χ0) is 20.6. The van der Waals surface area contributed by atoms with Crippen molar-refractivity contribution in [1.82, 2.24) is 9.21 Å². The largest absolute Gasteiger partial charge is 0.340 e. The lowest BCUT2D eigenvalue weighted by atomic mass is 9.97. The minimum Gasteiger partial charge on any atom is -0.340 e. The summed E-state index contributed by atoms with van der Waals surface area (Å²) in [6.45, 7) is 0.697. The van der Waals surface area contributed by atoms with Crippen molar-refractivity contribution in [2.75, 3.05) is 26.2 Å². The van der Waals surface area contributed by atoms with Crippen molar-refractivity contribution < 1.29 is 22.0 Å². The van der Waals surface area contributed by atoms with Crippen LogP contribution in [0.15, 0.2) is 47.4 Å². The quantitative estimate of drug-likeness (QED) is 0.764. The molecule has 1 fully saturated rings. The molecule has 29 heavy (non-hydrogen) atoms. The summed E-state index contributed by atoms with van der Waals surface area (Å²) in [6, 6.07) is 10.6. The summed E-state index contributed by atoms with van der Waals surface area (Å²) in [5.41, 5.74) is 2.52. The van der Waals surface area contributed by atoms with E-state index < -0.39 is 26.6 Å². The second-order valence-corrected chi connectivity index (χ2v) is 9.40. The van der Waals surface area contributed by atoms with Crippen molar-refractivity contribution in [1.29, 1.82) is 0 Å². The van der Waals surface area contributed by atoms with Crippen LogP contribution in [0.2, 0.25) is 0 Å². The molecule has 1 aliphatic carbocycles. The number of sulfonamides is 1. The van der Waals surface area contributed by atoms with Gasteiger partial charge in [0.15, 0.2) is 0 Å². The summed E-state index contributed by atoms with van der Waals surface area (Å²) in [4.78, 5) is 13.9. The molecule has 1 heterocycles. The molecular formula is C21H22F2N2O3S. The average molecular weight is 420 g/mol. The van der Waals surface area contributed by atoms with Gasteiger partial charge in [0.1, 0.15) is 16.5 Å². The van der Waals surface area contributed by atoms with E-state index in [2.05, 4.69) is 12.1 Å². The Morgan fingerprint density at radius 3 is 2.48 bits per heavy atom. The molecule has 0 aromatic heterocycles. The number of hydrogen-bond acceptors (Lipinski definition) is 3. The maximum atomic E-state index is 13.9. The number of halogens is 2. The van der Waals surface area contributed by atoms with Gasteiger partial charge in [0, 0.05) is 38.7 Å². The predicted octanol–water partition coefficient (Wildman–Crippen LogP) is 2.92. The second kappa shape index (κ2) is 7.84. The van der Waals surface area contributed by atoms with Crippen LogP contribution in [0.4, 0.5) is 8.78 Å². The topological polar surface area (TPSA) is 57.7 Å². The van der Waals surface area contributed by atoms with E-state index in [0.29, 0.717) is 12.5 Å². The number of amides is 1. The first kappa shape index (κ1) is 20.0. The lowest BCUT2D eigenvalue weighted by molar-refractivity contribution is -0.132. The van der Waals surface area contributed by atoms with Gasteiger partial charge in [0.05, 0.1) is 0 Å². The third-order valence-electron chi connectivity index (χ3n) is 5.78. The number of carbonyl (C=O) groups is 1. The Morgan fingerprint density at radius 2 is 1.76 bits per heavy atom. The van der Waals surface area contributed by atoms with Crippen molar-refractivity contribution in [2.45, 2.75) is 30.1 Å². The highest BCUT2D eigenvalue weighted by atomic mass is 32.2. The first-order chi connectivity index (χ1) is 13.9. The van der Waals surface area contributed by atoms with E-state index >= 15 is 0 Å². The minimum absolute atomic E-state index is 0.0108. The molecule has 1 unspecified atom stereocenters. The number of rotatable bonds is 4. The monoisotopic (exact) mass is 420 g/mol. The van der Waals surface area contributed by atoms with Gasteiger partial charge in [0.25, 0.3) is 0 Å². The van der Waals surface area contributed by atoms with E-state index in [1.807, 2.05) is 12.1 Å². The number of carbonyl (C=O) groups excluding carboxylic acids is 1. The van der Waals surface area contributed by atoms with E-state index in [0.717, 1.165) is 29.3 Å². The Hall–Kier alpha value is -2.32. The van der Waals surface area contributed by atoms with Crippen LogP contribution in [0.5, 0.6) is 0 Å². The average Bonchev–Trinajstić information content (AvgIpc) is 3.11. The minimum atomic E-state index is -4.07. The predicted molar refractivity (Wildman–Crippen MR) is 104 cm³/mol. The van der Waals surface area contributed by atoms with Crippen LogP contribution in [-0.2, 0) is 21.2 Å². The summed E-state index contributed by atoms with van der Waals surface area (Å²) in [7, 11) is -4.07. The normalized spacial score (nSPS) is 19.9. The number of benzene rings is 2. The summed E-state index contributed by atoms with van der Waals surface area (Å²) < 4.78 is 53.5. The summed E-state index contributed by atoms with van der Waals surface area (Å²) in [5.74, 6) is -1.72. The standard InChI is InChI=1S/C21H22F2N2O3S/c22-17-7-8-20(19(23)14-17)29(27,28)25-11-9-24(10-12-25)21(26)13-16-6-5-15-3-1-2-4-18(15)16/h1-4,7-8,14,16H,5-6,9-13H2. The van der Waals surface area contributed by atoms with E-state index in [1.165, 1.54) is 11.1 Å². The van der Waals surface area contributed by atoms with Crippen molar-refractivity contribution in [2.24, 2.45) is 0 Å². The molecule has 2 aliphatic rings. The fourth-order valence-electron chi connectivity index (χ4n) is 4.20. The zero-order valence-corrected chi connectivity index (χ0v) is 16.7. The van der Waals surface area contributed by atoms with Crippen LogP contribution in [-0.4, -0.2) is 49.7 Å². The van der Waals surface area contributed by atoms with E-state index in [4.69, 9.17) is 0 Å². The molecule has 1 amide bonds. The molecule has 0 radical (unpaired) electrons. The molecule has 8 heteroatoms. The van der Waals surface area contributed by atoms with Gasteiger partial charge in [0.2, 0.25) is 15.9 Å². The smallest absolute Gasteiger partial charge is 0.246 e. The van der Waals surface area contributed by atoms with Gasteiger partial charge in [-0.1, -0.05) is 24.3 Å². The molecule has 5 nitrogen and oxygen atoms in total. The first-order valence-electron chi connectivity index (χ1n) is 9.67. The van der Waals surface area contributed by atoms with Gasteiger partial charge in [-0.3, -0.25) is 4.79 Å². The lowest BCUT2D eigenvalue weighted by Gasteiger charge is -2.34. The van der Waals surface area contributed by atoms with Crippen LogP contribution in [0, 0.1) is 11.6 Å². The molecule has 0 N–H and O–H groups in total. The van der Waals surface area contributed by atoms with Crippen LogP contribution in [0.25, 0.3) is 0 Å². The van der Waals surface area contributed by atoms with Gasteiger partial charge in [-0.05, 0) is 42.0 Å². The zero-order valence-electron chi connectivity index (χ0n) is 15.9. The fraction of sp³-hybridized carbons (Fsp3) is 0.381. The van der Waals surface area contributed by atoms with Gasteiger partial charge in [-0.2, -0.15) is 4.31 Å². The summed E-state index contributed by atoms with van der Waals surface area (Å²) in [5, 5.41) is 0. The van der Waals surface area contributed by atoms with Crippen molar-refractivity contribution in [3.8, 4) is 0 Å². The van der Waals surface area contributed by atoms with Crippen molar-refractivity contribution in [3.05, 3.63) is 65.2 Å². The first-order valence-corrected chi connectivity index (χ1v) is 11.1. The molecule has 1 aliphatic heterocycles. The molecule has 4 rings (SSSR count). The van der Waals surface area contributed by atoms with E-state index in [1.54, 1.807) is 4.90 Å². The van der Waals surface area contributed by atoms with Gasteiger partial charge in [-0.25, -0.2) is 17.2 Å². The Morgan fingerprint density at radius 1 is 1.03 bits per heavy atom. The maximum absolute atomic E-state index is 13.9. The second-order valence-electron chi connectivity index (χ2n) is 7.50. The SMILES string of the molecule is O=C(CC1CCc2ccccc21)N1CCN(S(=O)(=O)c2ccc(F)cc2F)CC1. The van der Waals surface area contributed by atoms with Crippen LogP contribution in [0.3, 0.4) is 0 Å². The van der Waals surface area contributed by atoms with Crippen molar-refractivity contribution in [3.63, 3.8) is 0 Å².